The molecule has 0 bridgehead atoms. The summed E-state index contributed by atoms with van der Waals surface area (Å²) in [7, 11) is 0. The lowest BCUT2D eigenvalue weighted by Gasteiger charge is -2.19. The number of benzene rings is 2. The average molecular weight is 273 g/mol. The summed E-state index contributed by atoms with van der Waals surface area (Å²) in [5.74, 6) is 0.691. The van der Waals surface area contributed by atoms with Crippen molar-refractivity contribution in [2.75, 3.05) is 6.61 Å². The summed E-state index contributed by atoms with van der Waals surface area (Å²) in [6.45, 7) is 2.57. The fraction of sp³-hybridized carbons (Fsp3) is 0.250. The molecule has 3 nitrogen and oxygen atoms in total. The average Bonchev–Trinajstić information content (AvgIpc) is 2.81. The van der Waals surface area contributed by atoms with E-state index in [9.17, 15) is 9.50 Å². The van der Waals surface area contributed by atoms with E-state index in [0.717, 1.165) is 11.1 Å². The third kappa shape index (κ3) is 2.47. The fourth-order valence-corrected chi connectivity index (χ4v) is 2.49. The van der Waals surface area contributed by atoms with Crippen LogP contribution < -0.4 is 10.1 Å². The van der Waals surface area contributed by atoms with E-state index in [1.54, 1.807) is 24.3 Å². The molecule has 0 saturated carbocycles. The van der Waals surface area contributed by atoms with Crippen LogP contribution >= 0.6 is 0 Å². The van der Waals surface area contributed by atoms with Crippen molar-refractivity contribution >= 4 is 0 Å². The lowest BCUT2D eigenvalue weighted by atomic mass is 10.0. The highest BCUT2D eigenvalue weighted by Crippen LogP contribution is 2.36. The number of halogens is 1. The first-order chi connectivity index (χ1) is 9.63. The van der Waals surface area contributed by atoms with Gasteiger partial charge in [0.15, 0.2) is 0 Å². The highest BCUT2D eigenvalue weighted by atomic mass is 19.1. The summed E-state index contributed by atoms with van der Waals surface area (Å²) in [4.78, 5) is 0. The lowest BCUT2D eigenvalue weighted by Crippen LogP contribution is -2.25. The van der Waals surface area contributed by atoms with Gasteiger partial charge in [-0.1, -0.05) is 12.1 Å². The van der Waals surface area contributed by atoms with Crippen LogP contribution in [0.15, 0.2) is 42.5 Å². The Bertz CT molecular complexity index is 612. The molecule has 0 fully saturated rings. The normalized spacial score (nSPS) is 18.4. The number of nitrogens with one attached hydrogen (secondary N) is 1. The molecule has 4 heteroatoms. The van der Waals surface area contributed by atoms with E-state index < -0.39 is 0 Å². The van der Waals surface area contributed by atoms with Crippen LogP contribution in [0.1, 0.15) is 30.1 Å². The van der Waals surface area contributed by atoms with Crippen LogP contribution in [0, 0.1) is 5.82 Å². The van der Waals surface area contributed by atoms with E-state index in [4.69, 9.17) is 4.74 Å². The van der Waals surface area contributed by atoms with Gasteiger partial charge in [0.05, 0.1) is 6.04 Å². The zero-order valence-corrected chi connectivity index (χ0v) is 11.1. The highest BCUT2D eigenvalue weighted by Gasteiger charge is 2.25. The van der Waals surface area contributed by atoms with Gasteiger partial charge in [0.25, 0.3) is 0 Å². The minimum atomic E-state index is -0.231. The number of ether oxygens (including phenoxy) is 1. The van der Waals surface area contributed by atoms with E-state index in [1.807, 2.05) is 13.0 Å². The maximum atomic E-state index is 12.9. The van der Waals surface area contributed by atoms with Gasteiger partial charge in [0, 0.05) is 17.7 Å². The zero-order chi connectivity index (χ0) is 14.1. The molecule has 1 aliphatic heterocycles. The molecule has 0 aromatic heterocycles. The molecule has 0 amide bonds. The van der Waals surface area contributed by atoms with Crippen LogP contribution in [0.2, 0.25) is 0 Å². The van der Waals surface area contributed by atoms with Crippen molar-refractivity contribution in [1.29, 1.82) is 0 Å². The second-order valence-electron chi connectivity index (χ2n) is 5.03. The molecule has 0 saturated heterocycles. The molecule has 1 aliphatic rings. The Kier molecular flexibility index (Phi) is 3.32. The Morgan fingerprint density at radius 2 is 2.00 bits per heavy atom. The van der Waals surface area contributed by atoms with Crippen LogP contribution in [-0.2, 0) is 0 Å². The minimum Gasteiger partial charge on any atom is -0.508 e. The molecule has 3 rings (SSSR count). The number of fused-ring (bicyclic) bond motifs is 1. The molecule has 2 unspecified atom stereocenters. The van der Waals surface area contributed by atoms with E-state index in [-0.39, 0.29) is 23.7 Å². The van der Waals surface area contributed by atoms with Crippen LogP contribution in [0.4, 0.5) is 4.39 Å². The molecule has 2 atom stereocenters. The van der Waals surface area contributed by atoms with Gasteiger partial charge in [0.2, 0.25) is 0 Å². The lowest BCUT2D eigenvalue weighted by molar-refractivity contribution is 0.300. The van der Waals surface area contributed by atoms with Gasteiger partial charge in [-0.15, -0.1) is 0 Å². The predicted octanol–water partition coefficient (Wildman–Crippen LogP) is 3.32. The third-order valence-corrected chi connectivity index (χ3v) is 3.60. The molecule has 0 aliphatic carbocycles. The van der Waals surface area contributed by atoms with Gasteiger partial charge < -0.3 is 15.2 Å². The van der Waals surface area contributed by atoms with Crippen LogP contribution in [-0.4, -0.2) is 11.7 Å². The third-order valence-electron chi connectivity index (χ3n) is 3.60. The second-order valence-corrected chi connectivity index (χ2v) is 5.03. The quantitative estimate of drug-likeness (QED) is 0.901. The summed E-state index contributed by atoms with van der Waals surface area (Å²) in [6.07, 6.45) is 0. The summed E-state index contributed by atoms with van der Waals surface area (Å²) in [5, 5.41) is 12.9. The Hall–Kier alpha value is -2.07. The van der Waals surface area contributed by atoms with Gasteiger partial charge in [-0.2, -0.15) is 0 Å². The van der Waals surface area contributed by atoms with Crippen LogP contribution in [0.25, 0.3) is 0 Å². The summed E-state index contributed by atoms with van der Waals surface area (Å²) < 4.78 is 18.5. The van der Waals surface area contributed by atoms with Crippen molar-refractivity contribution in [3.05, 3.63) is 59.4 Å². The predicted molar refractivity (Wildman–Crippen MR) is 74.3 cm³/mol. The molecule has 20 heavy (non-hydrogen) atoms. The number of rotatable bonds is 3. The number of aromatic hydroxyl groups is 1. The standard InChI is InChI=1S/C16H16FNO2/c1-10(11-2-4-12(17)5-3-11)18-15-9-20-16-8-13(19)6-7-14(15)16/h2-8,10,15,18-19H,9H2,1H3. The molecule has 2 N–H and O–H groups in total. The van der Waals surface area contributed by atoms with Crippen molar-refractivity contribution in [3.63, 3.8) is 0 Å². The number of hydrogen-bond donors (Lipinski definition) is 2. The largest absolute Gasteiger partial charge is 0.508 e. The van der Waals surface area contributed by atoms with Gasteiger partial charge in [-0.25, -0.2) is 4.39 Å². The zero-order valence-electron chi connectivity index (χ0n) is 11.1. The monoisotopic (exact) mass is 273 g/mol. The Balaban J connectivity index is 1.75. The second kappa shape index (κ2) is 5.13. The topological polar surface area (TPSA) is 41.5 Å². The molecular weight excluding hydrogens is 257 g/mol. The van der Waals surface area contributed by atoms with Crippen LogP contribution in [0.5, 0.6) is 11.5 Å². The molecule has 0 spiro atoms. The molecule has 2 aromatic rings. The van der Waals surface area contributed by atoms with Crippen molar-refractivity contribution < 1.29 is 14.2 Å². The minimum absolute atomic E-state index is 0.0747. The van der Waals surface area contributed by atoms with Gasteiger partial charge in [0.1, 0.15) is 23.9 Å². The van der Waals surface area contributed by atoms with Gasteiger partial charge in [-0.05, 0) is 36.8 Å². The Morgan fingerprint density at radius 1 is 1.25 bits per heavy atom. The fourth-order valence-electron chi connectivity index (χ4n) is 2.49. The molecule has 0 radical (unpaired) electrons. The number of hydrogen-bond acceptors (Lipinski definition) is 3. The van der Waals surface area contributed by atoms with Crippen LogP contribution in [0.3, 0.4) is 0 Å². The summed E-state index contributed by atoms with van der Waals surface area (Å²) in [5.41, 5.74) is 2.07. The van der Waals surface area contributed by atoms with Crippen molar-refractivity contribution in [3.8, 4) is 11.5 Å². The SMILES string of the molecule is CC(NC1COc2cc(O)ccc21)c1ccc(F)cc1. The number of phenolic OH excluding ortho intramolecular Hbond substituents is 1. The maximum absolute atomic E-state index is 12.9. The summed E-state index contributed by atoms with van der Waals surface area (Å²) in [6, 6.07) is 11.8. The van der Waals surface area contributed by atoms with Gasteiger partial charge in [-0.3, -0.25) is 0 Å². The van der Waals surface area contributed by atoms with E-state index in [0.29, 0.717) is 12.4 Å². The molecule has 2 aromatic carbocycles. The van der Waals surface area contributed by atoms with Gasteiger partial charge >= 0.3 is 0 Å². The molecule has 104 valence electrons. The first kappa shape index (κ1) is 12.9. The summed E-state index contributed by atoms with van der Waals surface area (Å²) >= 11 is 0. The molecular formula is C16H16FNO2. The number of phenols is 1. The van der Waals surface area contributed by atoms with E-state index in [1.165, 1.54) is 12.1 Å². The highest BCUT2D eigenvalue weighted by molar-refractivity contribution is 5.44. The Labute approximate surface area is 117 Å². The van der Waals surface area contributed by atoms with E-state index >= 15 is 0 Å². The van der Waals surface area contributed by atoms with Crippen molar-refractivity contribution in [2.45, 2.75) is 19.0 Å². The maximum Gasteiger partial charge on any atom is 0.127 e. The Morgan fingerprint density at radius 3 is 2.75 bits per heavy atom. The van der Waals surface area contributed by atoms with E-state index in [2.05, 4.69) is 5.32 Å². The first-order valence-corrected chi connectivity index (χ1v) is 6.61. The smallest absolute Gasteiger partial charge is 0.127 e. The van der Waals surface area contributed by atoms with Crippen molar-refractivity contribution in [1.82, 2.24) is 5.32 Å². The first-order valence-electron chi connectivity index (χ1n) is 6.61. The molecule has 1 heterocycles. The van der Waals surface area contributed by atoms with Crippen molar-refractivity contribution in [2.24, 2.45) is 0 Å².